The largest absolute Gasteiger partial charge is 0.385 e. The van der Waals surface area contributed by atoms with E-state index in [9.17, 15) is 0 Å². The van der Waals surface area contributed by atoms with Gasteiger partial charge in [0.15, 0.2) is 5.82 Å². The number of aromatic nitrogens is 4. The van der Waals surface area contributed by atoms with E-state index >= 15 is 0 Å². The van der Waals surface area contributed by atoms with Crippen LogP contribution in [0.25, 0.3) is 0 Å². The van der Waals surface area contributed by atoms with Gasteiger partial charge >= 0.3 is 0 Å². The fraction of sp³-hybridized carbons (Fsp3) is 0.438. The highest BCUT2D eigenvalue weighted by Crippen LogP contribution is 2.39. The predicted octanol–water partition coefficient (Wildman–Crippen LogP) is 2.84. The minimum Gasteiger partial charge on any atom is -0.385 e. The molecule has 2 aromatic rings. The van der Waals surface area contributed by atoms with E-state index in [1.807, 2.05) is 33.9 Å². The second-order valence-corrected chi connectivity index (χ2v) is 9.01. The number of fused-ring (bicyclic) bond motifs is 3. The van der Waals surface area contributed by atoms with Gasteiger partial charge in [0.1, 0.15) is 5.82 Å². The maximum absolute atomic E-state index is 4.71. The topological polar surface area (TPSA) is 81.8 Å². The maximum atomic E-state index is 4.71. The van der Waals surface area contributed by atoms with Gasteiger partial charge in [0.2, 0.25) is 5.95 Å². The summed E-state index contributed by atoms with van der Waals surface area (Å²) in [6.45, 7) is 2.76. The summed E-state index contributed by atoms with van der Waals surface area (Å²) in [4.78, 5) is 11.4. The molecule has 0 aromatic carbocycles. The molecule has 3 aliphatic rings. The van der Waals surface area contributed by atoms with Crippen molar-refractivity contribution in [1.29, 1.82) is 0 Å². The molecule has 9 heteroatoms. The lowest BCUT2D eigenvalue weighted by atomic mass is 10.3. The number of anilines is 3. The first-order valence-electron chi connectivity index (χ1n) is 8.49. The first kappa shape index (κ1) is 15.4. The molecule has 25 heavy (non-hydrogen) atoms. The third-order valence-electron chi connectivity index (χ3n) is 4.52. The van der Waals surface area contributed by atoms with Gasteiger partial charge < -0.3 is 15.5 Å². The van der Waals surface area contributed by atoms with Gasteiger partial charge in [-0.15, -0.1) is 0 Å². The third-order valence-corrected chi connectivity index (χ3v) is 7.04. The zero-order valence-electron chi connectivity index (χ0n) is 13.6. The van der Waals surface area contributed by atoms with Crippen LogP contribution >= 0.6 is 21.6 Å². The zero-order chi connectivity index (χ0) is 16.6. The zero-order valence-corrected chi connectivity index (χ0v) is 15.2. The number of hydrogen-bond donors (Lipinski definition) is 3. The van der Waals surface area contributed by atoms with Crippen LogP contribution in [0.4, 0.5) is 17.6 Å². The molecule has 1 saturated heterocycles. The van der Waals surface area contributed by atoms with Crippen LogP contribution in [-0.4, -0.2) is 45.0 Å². The SMILES string of the molecule is C1=C2CN(c3nccc(Nc4cc(C5CC5)[nH]n4)n3)CC(CN2)SS1. The Morgan fingerprint density at radius 3 is 3.16 bits per heavy atom. The fourth-order valence-electron chi connectivity index (χ4n) is 3.05. The van der Waals surface area contributed by atoms with Gasteiger partial charge in [0.25, 0.3) is 0 Å². The maximum Gasteiger partial charge on any atom is 0.227 e. The van der Waals surface area contributed by atoms with Crippen LogP contribution in [0, 0.1) is 0 Å². The molecular formula is C16H19N7S2. The van der Waals surface area contributed by atoms with Gasteiger partial charge in [0, 0.05) is 48.1 Å². The Balaban J connectivity index is 1.35. The number of hydrogen-bond acceptors (Lipinski definition) is 8. The molecule has 0 amide bonds. The first-order chi connectivity index (χ1) is 12.3. The highest BCUT2D eigenvalue weighted by atomic mass is 33.1. The summed E-state index contributed by atoms with van der Waals surface area (Å²) in [5.41, 5.74) is 2.45. The van der Waals surface area contributed by atoms with Crippen molar-refractivity contribution in [3.8, 4) is 0 Å². The third kappa shape index (κ3) is 3.43. The monoisotopic (exact) mass is 373 g/mol. The van der Waals surface area contributed by atoms with Crippen molar-refractivity contribution < 1.29 is 0 Å². The molecule has 1 aliphatic carbocycles. The van der Waals surface area contributed by atoms with Crippen molar-refractivity contribution in [3.05, 3.63) is 35.1 Å². The molecule has 1 atom stereocenters. The standard InChI is InChI=1S/C16H19N7S2/c1-2-10(1)13-5-15(22-21-13)19-14-3-4-17-16(20-14)23-7-11-9-24-25-12(8-23)6-18-11/h3-5,9-10,12,18H,1-2,6-8H2,(H2,17,19,20,21,22). The number of H-pyrrole nitrogens is 1. The van der Waals surface area contributed by atoms with Crippen molar-refractivity contribution in [2.45, 2.75) is 24.0 Å². The molecule has 4 heterocycles. The van der Waals surface area contributed by atoms with E-state index < -0.39 is 0 Å². The Kier molecular flexibility index (Phi) is 3.97. The molecule has 2 aliphatic heterocycles. The smallest absolute Gasteiger partial charge is 0.227 e. The quantitative estimate of drug-likeness (QED) is 0.706. The minimum absolute atomic E-state index is 0.522. The molecular weight excluding hydrogens is 354 g/mol. The average Bonchev–Trinajstić information content (AvgIpc) is 3.41. The second kappa shape index (κ2) is 6.45. The Bertz CT molecular complexity index is 801. The van der Waals surface area contributed by atoms with Crippen molar-refractivity contribution in [1.82, 2.24) is 25.5 Å². The van der Waals surface area contributed by atoms with Crippen LogP contribution < -0.4 is 15.5 Å². The van der Waals surface area contributed by atoms with Crippen molar-refractivity contribution in [3.63, 3.8) is 0 Å². The van der Waals surface area contributed by atoms with E-state index in [2.05, 4.69) is 42.2 Å². The summed E-state index contributed by atoms with van der Waals surface area (Å²) in [6, 6.07) is 3.97. The molecule has 1 unspecified atom stereocenters. The lowest BCUT2D eigenvalue weighted by molar-refractivity contribution is 0.782. The highest BCUT2D eigenvalue weighted by molar-refractivity contribution is 8.78. The number of aromatic amines is 1. The van der Waals surface area contributed by atoms with Crippen LogP contribution in [0.1, 0.15) is 24.5 Å². The number of nitrogens with one attached hydrogen (secondary N) is 3. The van der Waals surface area contributed by atoms with Crippen molar-refractivity contribution in [2.75, 3.05) is 29.9 Å². The van der Waals surface area contributed by atoms with Gasteiger partial charge in [-0.25, -0.2) is 4.98 Å². The van der Waals surface area contributed by atoms with Crippen LogP contribution in [-0.2, 0) is 0 Å². The molecule has 2 bridgehead atoms. The Morgan fingerprint density at radius 1 is 1.28 bits per heavy atom. The lowest BCUT2D eigenvalue weighted by Crippen LogP contribution is -2.32. The van der Waals surface area contributed by atoms with Crippen molar-refractivity contribution in [2.24, 2.45) is 0 Å². The van der Waals surface area contributed by atoms with Gasteiger partial charge in [0.05, 0.1) is 11.8 Å². The highest BCUT2D eigenvalue weighted by Gasteiger charge is 2.26. The first-order valence-corrected chi connectivity index (χ1v) is 10.8. The molecule has 0 radical (unpaired) electrons. The Morgan fingerprint density at radius 2 is 2.24 bits per heavy atom. The number of rotatable bonds is 4. The molecule has 3 N–H and O–H groups in total. The van der Waals surface area contributed by atoms with Gasteiger partial charge in [-0.05, 0) is 18.9 Å². The molecule has 2 aromatic heterocycles. The Labute approximate surface area is 153 Å². The predicted molar refractivity (Wildman–Crippen MR) is 103 cm³/mol. The van der Waals surface area contributed by atoms with E-state index in [-0.39, 0.29) is 0 Å². The van der Waals surface area contributed by atoms with E-state index in [1.165, 1.54) is 24.2 Å². The molecule has 130 valence electrons. The summed E-state index contributed by atoms with van der Waals surface area (Å²) in [7, 11) is 3.73. The van der Waals surface area contributed by atoms with Crippen LogP contribution in [0.2, 0.25) is 0 Å². The summed E-state index contributed by atoms with van der Waals surface area (Å²) in [5.74, 6) is 3.01. The van der Waals surface area contributed by atoms with Gasteiger partial charge in [-0.1, -0.05) is 21.6 Å². The molecule has 2 fully saturated rings. The van der Waals surface area contributed by atoms with Crippen LogP contribution in [0.15, 0.2) is 29.4 Å². The summed E-state index contributed by atoms with van der Waals surface area (Å²) in [6.07, 6.45) is 4.33. The molecule has 1 saturated carbocycles. The fourth-order valence-corrected chi connectivity index (χ4v) is 5.30. The Hall–Kier alpha value is -1.87. The van der Waals surface area contributed by atoms with E-state index in [0.29, 0.717) is 11.2 Å². The lowest BCUT2D eigenvalue weighted by Gasteiger charge is -2.24. The van der Waals surface area contributed by atoms with Crippen LogP contribution in [0.5, 0.6) is 0 Å². The summed E-state index contributed by atoms with van der Waals surface area (Å²) in [5, 5.41) is 17.0. The van der Waals surface area contributed by atoms with Crippen molar-refractivity contribution >= 4 is 39.2 Å². The summed E-state index contributed by atoms with van der Waals surface area (Å²) >= 11 is 0. The van der Waals surface area contributed by atoms with E-state index in [4.69, 9.17) is 4.98 Å². The molecule has 7 nitrogen and oxygen atoms in total. The second-order valence-electron chi connectivity index (χ2n) is 6.57. The van der Waals surface area contributed by atoms with Gasteiger partial charge in [-0.2, -0.15) is 10.1 Å². The normalized spacial score (nSPS) is 22.8. The van der Waals surface area contributed by atoms with E-state index in [1.54, 1.807) is 0 Å². The molecule has 0 spiro atoms. The summed E-state index contributed by atoms with van der Waals surface area (Å²) < 4.78 is 0. The number of nitrogens with zero attached hydrogens (tertiary/aromatic N) is 4. The average molecular weight is 374 g/mol. The van der Waals surface area contributed by atoms with Gasteiger partial charge in [-0.3, -0.25) is 5.10 Å². The minimum atomic E-state index is 0.522. The molecule has 5 rings (SSSR count). The van der Waals surface area contributed by atoms with E-state index in [0.717, 1.165) is 37.2 Å². The van der Waals surface area contributed by atoms with Crippen LogP contribution in [0.3, 0.4) is 0 Å².